The van der Waals surface area contributed by atoms with Crippen LogP contribution in [0.1, 0.15) is 21.1 Å². The van der Waals surface area contributed by atoms with Gasteiger partial charge < -0.3 is 8.83 Å². The summed E-state index contributed by atoms with van der Waals surface area (Å²) < 4.78 is 11.1. The summed E-state index contributed by atoms with van der Waals surface area (Å²) in [7, 11) is 0. The van der Waals surface area contributed by atoms with Gasteiger partial charge in [0.15, 0.2) is 11.5 Å². The Morgan fingerprint density at radius 3 is 1.30 bits per heavy atom. The lowest BCUT2D eigenvalue weighted by atomic mass is 10.2. The fourth-order valence-corrected chi connectivity index (χ4v) is 2.95. The van der Waals surface area contributed by atoms with Gasteiger partial charge in [0.1, 0.15) is 11.5 Å². The minimum absolute atomic E-state index is 0.0431. The molecule has 8 heteroatoms. The lowest BCUT2D eigenvalue weighted by Crippen LogP contribution is -2.41. The second-order valence-corrected chi connectivity index (χ2v) is 7.12. The Bertz CT molecular complexity index is 1100. The van der Waals surface area contributed by atoms with Crippen LogP contribution in [0.25, 0.3) is 22.6 Å². The summed E-state index contributed by atoms with van der Waals surface area (Å²) in [5.41, 5.74) is 6.14. The third-order valence-electron chi connectivity index (χ3n) is 4.21. The Morgan fingerprint density at radius 1 is 0.567 bits per heavy atom. The van der Waals surface area contributed by atoms with Gasteiger partial charge in [-0.05, 0) is 72.8 Å². The Morgan fingerprint density at radius 2 is 0.933 bits per heavy atom. The summed E-state index contributed by atoms with van der Waals surface area (Å²) in [5.74, 6) is -0.118. The van der Waals surface area contributed by atoms with Gasteiger partial charge >= 0.3 is 11.8 Å². The van der Waals surface area contributed by atoms with Gasteiger partial charge in [0.25, 0.3) is 0 Å². The number of hydrogen-bond acceptors (Lipinski definition) is 4. The Balaban J connectivity index is 1.38. The topological polar surface area (TPSA) is 84.5 Å². The zero-order chi connectivity index (χ0) is 21.1. The summed E-state index contributed by atoms with van der Waals surface area (Å²) in [4.78, 5) is 24.5. The van der Waals surface area contributed by atoms with Crippen molar-refractivity contribution in [3.63, 3.8) is 0 Å². The lowest BCUT2D eigenvalue weighted by Gasteiger charge is -2.04. The normalized spacial score (nSPS) is 10.6. The van der Waals surface area contributed by atoms with Crippen LogP contribution in [0.4, 0.5) is 0 Å². The Hall–Kier alpha value is -3.48. The minimum Gasteiger partial charge on any atom is -0.451 e. The van der Waals surface area contributed by atoms with Crippen molar-refractivity contribution >= 4 is 35.0 Å². The second-order valence-electron chi connectivity index (χ2n) is 6.25. The van der Waals surface area contributed by atoms with Gasteiger partial charge in [-0.2, -0.15) is 0 Å². The minimum atomic E-state index is -0.604. The highest BCUT2D eigenvalue weighted by Gasteiger charge is 2.16. The molecule has 0 saturated heterocycles. The number of rotatable bonds is 4. The van der Waals surface area contributed by atoms with Crippen molar-refractivity contribution in [1.82, 2.24) is 10.9 Å². The molecular weight excluding hydrogens is 427 g/mol. The predicted octanol–water partition coefficient (Wildman–Crippen LogP) is 5.59. The molecule has 0 bridgehead atoms. The predicted molar refractivity (Wildman–Crippen MR) is 113 cm³/mol. The molecule has 2 N–H and O–H groups in total. The maximum Gasteiger partial charge on any atom is 0.305 e. The van der Waals surface area contributed by atoms with Crippen molar-refractivity contribution in [2.24, 2.45) is 0 Å². The van der Waals surface area contributed by atoms with E-state index in [1.54, 1.807) is 60.7 Å². The van der Waals surface area contributed by atoms with E-state index in [2.05, 4.69) is 10.9 Å². The highest BCUT2D eigenvalue weighted by molar-refractivity contribution is 6.30. The molecule has 0 fully saturated rings. The standard InChI is InChI=1S/C22H14Cl2N2O4/c23-15-5-1-13(2-6-15)17-9-11-19(29-17)21(27)25-26-22(28)20-12-10-18(30-20)14-3-7-16(24)8-4-14/h1-12H,(H,25,27)(H,26,28). The van der Waals surface area contributed by atoms with E-state index in [9.17, 15) is 9.59 Å². The first-order chi connectivity index (χ1) is 14.5. The van der Waals surface area contributed by atoms with Gasteiger partial charge in [0.05, 0.1) is 0 Å². The van der Waals surface area contributed by atoms with Crippen molar-refractivity contribution in [1.29, 1.82) is 0 Å². The van der Waals surface area contributed by atoms with Crippen molar-refractivity contribution in [2.45, 2.75) is 0 Å². The molecule has 2 aromatic carbocycles. The fourth-order valence-electron chi connectivity index (χ4n) is 2.70. The molecule has 4 aromatic rings. The van der Waals surface area contributed by atoms with E-state index in [4.69, 9.17) is 32.0 Å². The molecule has 0 atom stereocenters. The SMILES string of the molecule is O=C(NNC(=O)c1ccc(-c2ccc(Cl)cc2)o1)c1ccc(-c2ccc(Cl)cc2)o1. The Labute approximate surface area is 181 Å². The van der Waals surface area contributed by atoms with Gasteiger partial charge in [-0.15, -0.1) is 0 Å². The number of hydrogen-bond donors (Lipinski definition) is 2. The van der Waals surface area contributed by atoms with E-state index in [1.165, 1.54) is 12.1 Å². The average Bonchev–Trinajstić information content (AvgIpc) is 3.43. The molecule has 0 saturated carbocycles. The molecule has 0 aliphatic heterocycles. The lowest BCUT2D eigenvalue weighted by molar-refractivity contribution is 0.0818. The number of furan rings is 2. The first-order valence-electron chi connectivity index (χ1n) is 8.82. The average molecular weight is 441 g/mol. The van der Waals surface area contributed by atoms with Crippen LogP contribution in [0.3, 0.4) is 0 Å². The quantitative estimate of drug-likeness (QED) is 0.405. The zero-order valence-electron chi connectivity index (χ0n) is 15.3. The maximum absolute atomic E-state index is 12.3. The molecule has 0 aliphatic rings. The number of benzene rings is 2. The molecule has 4 rings (SSSR count). The van der Waals surface area contributed by atoms with E-state index in [-0.39, 0.29) is 11.5 Å². The van der Waals surface area contributed by atoms with Crippen LogP contribution in [0.5, 0.6) is 0 Å². The summed E-state index contributed by atoms with van der Waals surface area (Å²) in [6.45, 7) is 0. The number of amides is 2. The molecular formula is C22H14Cl2N2O4. The monoisotopic (exact) mass is 440 g/mol. The summed E-state index contributed by atoms with van der Waals surface area (Å²) in [6, 6.07) is 20.3. The molecule has 150 valence electrons. The van der Waals surface area contributed by atoms with Crippen molar-refractivity contribution < 1.29 is 18.4 Å². The van der Waals surface area contributed by atoms with E-state index in [0.717, 1.165) is 11.1 Å². The van der Waals surface area contributed by atoms with Crippen LogP contribution in [0.2, 0.25) is 10.0 Å². The molecule has 0 aliphatic carbocycles. The van der Waals surface area contributed by atoms with Gasteiger partial charge in [-0.1, -0.05) is 23.2 Å². The highest BCUT2D eigenvalue weighted by atomic mass is 35.5. The molecule has 30 heavy (non-hydrogen) atoms. The molecule has 0 unspecified atom stereocenters. The number of carbonyl (C=O) groups is 2. The highest BCUT2D eigenvalue weighted by Crippen LogP contribution is 2.25. The van der Waals surface area contributed by atoms with Gasteiger partial charge in [0, 0.05) is 21.2 Å². The van der Waals surface area contributed by atoms with E-state index >= 15 is 0 Å². The Kier molecular flexibility index (Phi) is 5.61. The third-order valence-corrected chi connectivity index (χ3v) is 4.71. The van der Waals surface area contributed by atoms with Crippen LogP contribution < -0.4 is 10.9 Å². The van der Waals surface area contributed by atoms with Crippen molar-refractivity contribution in [2.75, 3.05) is 0 Å². The van der Waals surface area contributed by atoms with Gasteiger partial charge in [-0.25, -0.2) is 0 Å². The number of hydrazine groups is 1. The number of carbonyl (C=O) groups excluding carboxylic acids is 2. The van der Waals surface area contributed by atoms with E-state index in [0.29, 0.717) is 21.6 Å². The summed E-state index contributed by atoms with van der Waals surface area (Å²) >= 11 is 11.7. The van der Waals surface area contributed by atoms with E-state index < -0.39 is 11.8 Å². The first-order valence-corrected chi connectivity index (χ1v) is 9.57. The number of nitrogens with one attached hydrogen (secondary N) is 2. The number of halogens is 2. The third kappa shape index (κ3) is 4.40. The second kappa shape index (κ2) is 8.49. The zero-order valence-corrected chi connectivity index (χ0v) is 16.8. The fraction of sp³-hybridized carbons (Fsp3) is 0. The van der Waals surface area contributed by atoms with Gasteiger partial charge in [-0.3, -0.25) is 20.4 Å². The summed E-state index contributed by atoms with van der Waals surface area (Å²) in [5, 5.41) is 1.20. The van der Waals surface area contributed by atoms with Crippen molar-refractivity contribution in [3.05, 3.63) is 94.4 Å². The molecule has 2 aromatic heterocycles. The van der Waals surface area contributed by atoms with Crippen LogP contribution >= 0.6 is 23.2 Å². The largest absolute Gasteiger partial charge is 0.451 e. The molecule has 2 amide bonds. The van der Waals surface area contributed by atoms with Crippen LogP contribution in [-0.2, 0) is 0 Å². The smallest absolute Gasteiger partial charge is 0.305 e. The van der Waals surface area contributed by atoms with Crippen LogP contribution in [-0.4, -0.2) is 11.8 Å². The first kappa shape index (κ1) is 19.8. The summed E-state index contributed by atoms with van der Waals surface area (Å²) in [6.07, 6.45) is 0. The molecule has 6 nitrogen and oxygen atoms in total. The molecule has 0 radical (unpaired) electrons. The van der Waals surface area contributed by atoms with Crippen LogP contribution in [0, 0.1) is 0 Å². The molecule has 2 heterocycles. The van der Waals surface area contributed by atoms with Gasteiger partial charge in [0.2, 0.25) is 0 Å². The van der Waals surface area contributed by atoms with Crippen molar-refractivity contribution in [3.8, 4) is 22.6 Å². The van der Waals surface area contributed by atoms with Crippen LogP contribution in [0.15, 0.2) is 81.6 Å². The molecule has 0 spiro atoms. The maximum atomic E-state index is 12.3. The van der Waals surface area contributed by atoms with E-state index in [1.807, 2.05) is 0 Å².